The molecule has 0 aromatic heterocycles. The van der Waals surface area contributed by atoms with Crippen molar-refractivity contribution in [2.24, 2.45) is 0 Å². The van der Waals surface area contributed by atoms with Crippen molar-refractivity contribution in [2.75, 3.05) is 19.7 Å². The van der Waals surface area contributed by atoms with Gasteiger partial charge >= 0.3 is 6.09 Å². The van der Waals surface area contributed by atoms with E-state index in [9.17, 15) is 29.6 Å². The molecule has 2 aliphatic rings. The second-order valence-corrected chi connectivity index (χ2v) is 8.05. The van der Waals surface area contributed by atoms with Crippen LogP contribution in [0.4, 0.5) is 9.18 Å². The summed E-state index contributed by atoms with van der Waals surface area (Å²) in [6.07, 6.45) is -1.88. The average Bonchev–Trinajstić information content (AvgIpc) is 3.10. The summed E-state index contributed by atoms with van der Waals surface area (Å²) in [7, 11) is 0. The van der Waals surface area contributed by atoms with Crippen LogP contribution < -0.4 is 10.1 Å². The molecule has 0 spiro atoms. The summed E-state index contributed by atoms with van der Waals surface area (Å²) < 4.78 is 26.2. The van der Waals surface area contributed by atoms with Gasteiger partial charge < -0.3 is 24.8 Å². The fraction of sp³-hybridized carbons (Fsp3) is 0.333. The number of fused-ring (bicyclic) bond motifs is 3. The standard InChI is InChI=1S/C24H21FN4O5/c25-20-9-19-18-6-14(10-26)2-3-15(18)13-34-21(19)8-16(20)7-17(11-27)28-23(30)22-12-29(24(31)32)4-1-5-33-22/h2-3,6,8-9,17,22H,1,4-5,7,12-13H2,(H,28,30)(H,31,32)/t17?,22-/m0/s1. The molecule has 1 saturated heterocycles. The minimum atomic E-state index is -1.15. The van der Waals surface area contributed by atoms with Crippen molar-refractivity contribution in [3.05, 3.63) is 52.8 Å². The zero-order chi connectivity index (χ0) is 24.2. The number of carbonyl (C=O) groups is 2. The number of nitrogens with zero attached hydrogens (tertiary/aromatic N) is 3. The third kappa shape index (κ3) is 4.77. The van der Waals surface area contributed by atoms with Crippen molar-refractivity contribution >= 4 is 12.0 Å². The second kappa shape index (κ2) is 9.77. The first kappa shape index (κ1) is 23.0. The Labute approximate surface area is 194 Å². The number of carbonyl (C=O) groups excluding carboxylic acids is 1. The summed E-state index contributed by atoms with van der Waals surface area (Å²) in [6, 6.07) is 10.9. The van der Waals surface area contributed by atoms with E-state index in [1.807, 2.05) is 6.07 Å². The molecule has 2 aromatic rings. The first-order chi connectivity index (χ1) is 16.4. The first-order valence-electron chi connectivity index (χ1n) is 10.7. The minimum absolute atomic E-state index is 0.120. The Morgan fingerprint density at radius 1 is 1.26 bits per heavy atom. The number of carboxylic acid groups (broad SMARTS) is 1. The second-order valence-electron chi connectivity index (χ2n) is 8.05. The lowest BCUT2D eigenvalue weighted by Crippen LogP contribution is -2.47. The van der Waals surface area contributed by atoms with E-state index in [4.69, 9.17) is 9.47 Å². The van der Waals surface area contributed by atoms with Crippen LogP contribution in [-0.4, -0.2) is 53.8 Å². The Balaban J connectivity index is 1.51. The topological polar surface area (TPSA) is 136 Å². The zero-order valence-electron chi connectivity index (χ0n) is 18.1. The predicted molar refractivity (Wildman–Crippen MR) is 116 cm³/mol. The molecule has 174 valence electrons. The number of nitriles is 2. The van der Waals surface area contributed by atoms with Crippen molar-refractivity contribution in [3.63, 3.8) is 0 Å². The molecule has 1 fully saturated rings. The van der Waals surface area contributed by atoms with Crippen molar-refractivity contribution in [2.45, 2.75) is 31.6 Å². The normalized spacial score (nSPS) is 17.6. The van der Waals surface area contributed by atoms with Crippen LogP contribution in [0.2, 0.25) is 0 Å². The van der Waals surface area contributed by atoms with Crippen LogP contribution in [0.15, 0.2) is 30.3 Å². The highest BCUT2D eigenvalue weighted by Crippen LogP contribution is 2.39. The van der Waals surface area contributed by atoms with Gasteiger partial charge in [-0.15, -0.1) is 0 Å². The molecule has 2 aliphatic heterocycles. The lowest BCUT2D eigenvalue weighted by Gasteiger charge is -2.23. The minimum Gasteiger partial charge on any atom is -0.488 e. The number of hydrogen-bond acceptors (Lipinski definition) is 6. The van der Waals surface area contributed by atoms with Crippen LogP contribution in [0.25, 0.3) is 11.1 Å². The van der Waals surface area contributed by atoms with E-state index >= 15 is 0 Å². The molecule has 10 heteroatoms. The summed E-state index contributed by atoms with van der Waals surface area (Å²) in [6.45, 7) is 0.575. The van der Waals surface area contributed by atoms with Gasteiger partial charge in [-0.1, -0.05) is 6.07 Å². The van der Waals surface area contributed by atoms with Gasteiger partial charge in [-0.05, 0) is 47.4 Å². The molecule has 1 unspecified atom stereocenters. The Hall–Kier alpha value is -4.15. The summed E-state index contributed by atoms with van der Waals surface area (Å²) in [5, 5.41) is 30.5. The van der Waals surface area contributed by atoms with Crippen LogP contribution in [0, 0.1) is 28.5 Å². The molecule has 0 aliphatic carbocycles. The fourth-order valence-electron chi connectivity index (χ4n) is 4.03. The Morgan fingerprint density at radius 2 is 2.09 bits per heavy atom. The SMILES string of the molecule is N#Cc1ccc2c(c1)-c1cc(F)c(CC(C#N)NC(=O)[C@@H]3CN(C(=O)O)CCCO3)cc1OC2. The van der Waals surface area contributed by atoms with E-state index in [0.717, 1.165) is 10.5 Å². The highest BCUT2D eigenvalue weighted by Gasteiger charge is 2.29. The van der Waals surface area contributed by atoms with Gasteiger partial charge in [0, 0.05) is 25.1 Å². The summed E-state index contributed by atoms with van der Waals surface area (Å²) in [5.41, 5.74) is 2.69. The Kier molecular flexibility index (Phi) is 6.62. The molecule has 34 heavy (non-hydrogen) atoms. The quantitative estimate of drug-likeness (QED) is 0.710. The van der Waals surface area contributed by atoms with Crippen LogP contribution in [0.5, 0.6) is 5.75 Å². The lowest BCUT2D eigenvalue weighted by atomic mass is 9.93. The van der Waals surface area contributed by atoms with Gasteiger partial charge in [0.05, 0.1) is 24.2 Å². The van der Waals surface area contributed by atoms with Gasteiger partial charge in [0.25, 0.3) is 5.91 Å². The van der Waals surface area contributed by atoms with Crippen LogP contribution in [0.1, 0.15) is 23.1 Å². The van der Waals surface area contributed by atoms with Crippen LogP contribution in [-0.2, 0) is 22.6 Å². The first-order valence-corrected chi connectivity index (χ1v) is 10.7. The van der Waals surface area contributed by atoms with Gasteiger partial charge in [-0.25, -0.2) is 9.18 Å². The Bertz CT molecular complexity index is 1220. The molecular weight excluding hydrogens is 443 g/mol. The summed E-state index contributed by atoms with van der Waals surface area (Å²) >= 11 is 0. The zero-order valence-corrected chi connectivity index (χ0v) is 18.1. The van der Waals surface area contributed by atoms with Gasteiger partial charge in [0.2, 0.25) is 0 Å². The van der Waals surface area contributed by atoms with Crippen LogP contribution in [0.3, 0.4) is 0 Å². The van der Waals surface area contributed by atoms with E-state index in [-0.39, 0.29) is 38.3 Å². The third-order valence-electron chi connectivity index (χ3n) is 5.80. The van der Waals surface area contributed by atoms with Gasteiger partial charge in [0.15, 0.2) is 6.10 Å². The number of halogens is 1. The number of ether oxygens (including phenoxy) is 2. The fourth-order valence-corrected chi connectivity index (χ4v) is 4.03. The van der Waals surface area contributed by atoms with Crippen molar-refractivity contribution in [1.82, 2.24) is 10.2 Å². The smallest absolute Gasteiger partial charge is 0.407 e. The summed E-state index contributed by atoms with van der Waals surface area (Å²) in [4.78, 5) is 25.0. The van der Waals surface area contributed by atoms with E-state index in [1.165, 1.54) is 12.1 Å². The highest BCUT2D eigenvalue weighted by molar-refractivity contribution is 5.82. The molecule has 0 radical (unpaired) electrons. The Morgan fingerprint density at radius 3 is 2.82 bits per heavy atom. The molecular formula is C24H21FN4O5. The van der Waals surface area contributed by atoms with Crippen molar-refractivity contribution in [1.29, 1.82) is 10.5 Å². The molecule has 2 aromatic carbocycles. The number of benzene rings is 2. The lowest BCUT2D eigenvalue weighted by molar-refractivity contribution is -0.133. The monoisotopic (exact) mass is 464 g/mol. The molecule has 0 saturated carbocycles. The third-order valence-corrected chi connectivity index (χ3v) is 5.80. The van der Waals surface area contributed by atoms with E-state index in [1.54, 1.807) is 18.2 Å². The number of amides is 2. The number of hydrogen-bond donors (Lipinski definition) is 2. The van der Waals surface area contributed by atoms with Gasteiger partial charge in [-0.2, -0.15) is 10.5 Å². The maximum absolute atomic E-state index is 15.0. The molecule has 2 atom stereocenters. The molecule has 4 rings (SSSR count). The van der Waals surface area contributed by atoms with Gasteiger partial charge in [0.1, 0.15) is 24.2 Å². The number of rotatable bonds is 4. The van der Waals surface area contributed by atoms with E-state index in [2.05, 4.69) is 11.4 Å². The largest absolute Gasteiger partial charge is 0.488 e. The number of nitrogens with one attached hydrogen (secondary N) is 1. The van der Waals surface area contributed by atoms with Crippen molar-refractivity contribution < 1.29 is 28.6 Å². The highest BCUT2D eigenvalue weighted by atomic mass is 19.1. The molecule has 0 bridgehead atoms. The van der Waals surface area contributed by atoms with E-state index < -0.39 is 30.0 Å². The molecule has 2 N–H and O–H groups in total. The van der Waals surface area contributed by atoms with Gasteiger partial charge in [-0.3, -0.25) is 4.79 Å². The molecule has 2 heterocycles. The molecule has 2 amide bonds. The van der Waals surface area contributed by atoms with Crippen LogP contribution >= 0.6 is 0 Å². The maximum Gasteiger partial charge on any atom is 0.407 e. The maximum atomic E-state index is 15.0. The molecule has 9 nitrogen and oxygen atoms in total. The predicted octanol–water partition coefficient (Wildman–Crippen LogP) is 2.58. The van der Waals surface area contributed by atoms with Crippen molar-refractivity contribution in [3.8, 4) is 29.0 Å². The average molecular weight is 464 g/mol. The van der Waals surface area contributed by atoms with E-state index in [0.29, 0.717) is 28.9 Å². The summed E-state index contributed by atoms with van der Waals surface area (Å²) in [5.74, 6) is -0.784.